The lowest BCUT2D eigenvalue weighted by Gasteiger charge is -2.05. The minimum Gasteiger partial charge on any atom is -0.388 e. The summed E-state index contributed by atoms with van der Waals surface area (Å²) in [6.07, 6.45) is 9.63. The first-order valence-electron chi connectivity index (χ1n) is 22.8. The Labute approximate surface area is 427 Å². The highest BCUT2D eigenvalue weighted by atomic mass is 16.2. The smallest absolute Gasteiger partial charge is 0.272 e. The molecule has 0 fully saturated rings. The van der Waals surface area contributed by atoms with Crippen molar-refractivity contribution in [3.8, 4) is 0 Å². The van der Waals surface area contributed by atoms with Gasteiger partial charge in [-0.05, 0) is 60.7 Å². The molecule has 0 radical (unpaired) electrons. The van der Waals surface area contributed by atoms with Crippen LogP contribution in [0, 0.1) is 10.8 Å². The lowest BCUT2D eigenvalue weighted by atomic mass is 10.1. The third-order valence-corrected chi connectivity index (χ3v) is 11.4. The highest BCUT2D eigenvalue weighted by molar-refractivity contribution is 6.11. The summed E-state index contributed by atoms with van der Waals surface area (Å²) in [5.41, 5.74) is 14.4. The minimum atomic E-state index is -0.524. The van der Waals surface area contributed by atoms with E-state index in [2.05, 4.69) is 47.5 Å². The number of anilines is 6. The molecule has 0 aliphatic heterocycles. The molecule has 0 aliphatic rings. The number of aromatic amines is 1. The molecular weight excluding hydrogens is 969 g/mol. The molecule has 6 heterocycles. The van der Waals surface area contributed by atoms with E-state index in [1.807, 2.05) is 0 Å². The van der Waals surface area contributed by atoms with Crippen LogP contribution >= 0.6 is 0 Å². The van der Waals surface area contributed by atoms with Crippen molar-refractivity contribution in [1.29, 1.82) is 10.8 Å². The van der Waals surface area contributed by atoms with Gasteiger partial charge in [0.05, 0.1) is 45.8 Å². The van der Waals surface area contributed by atoms with E-state index in [0.717, 1.165) is 0 Å². The average molecular weight is 1020 g/mol. The molecular formula is C49H54N18O8. The Hall–Kier alpha value is -10.4. The average Bonchev–Trinajstić information content (AvgIpc) is 4.22. The lowest BCUT2D eigenvalue weighted by Crippen LogP contribution is -2.28. The highest BCUT2D eigenvalue weighted by Gasteiger charge is 2.22. The van der Waals surface area contributed by atoms with Crippen LogP contribution in [0.1, 0.15) is 96.5 Å². The second-order valence-electron chi connectivity index (χ2n) is 17.3. The molecule has 0 saturated heterocycles. The zero-order valence-electron chi connectivity index (χ0n) is 41.2. The van der Waals surface area contributed by atoms with E-state index in [1.54, 1.807) is 70.8 Å². The van der Waals surface area contributed by atoms with Crippen molar-refractivity contribution < 1.29 is 38.4 Å². The zero-order chi connectivity index (χ0) is 54.2. The fourth-order valence-corrected chi connectivity index (χ4v) is 7.66. The minimum absolute atomic E-state index is 0.0539. The molecule has 388 valence electrons. The van der Waals surface area contributed by atoms with Crippen LogP contribution in [0.15, 0.2) is 97.8 Å². The van der Waals surface area contributed by atoms with Crippen LogP contribution in [-0.4, -0.2) is 99.8 Å². The molecule has 6 aromatic heterocycles. The van der Waals surface area contributed by atoms with Gasteiger partial charge in [-0.15, -0.1) is 0 Å². The summed E-state index contributed by atoms with van der Waals surface area (Å²) in [5, 5.41) is 36.3. The fourth-order valence-electron chi connectivity index (χ4n) is 7.66. The summed E-state index contributed by atoms with van der Waals surface area (Å²) in [4.78, 5) is 107. The Kier molecular flexibility index (Phi) is 15.6. The van der Waals surface area contributed by atoms with Crippen molar-refractivity contribution in [3.63, 3.8) is 0 Å². The van der Waals surface area contributed by atoms with Crippen LogP contribution in [0.3, 0.4) is 0 Å². The molecule has 7 aromatic rings. The largest absolute Gasteiger partial charge is 0.388 e. The zero-order valence-corrected chi connectivity index (χ0v) is 41.2. The van der Waals surface area contributed by atoms with Gasteiger partial charge in [0.15, 0.2) is 0 Å². The number of benzene rings is 1. The van der Waals surface area contributed by atoms with Crippen LogP contribution in [0.2, 0.25) is 0 Å². The van der Waals surface area contributed by atoms with Gasteiger partial charge in [-0.1, -0.05) is 0 Å². The predicted octanol–water partition coefficient (Wildman–Crippen LogP) is 3.33. The highest BCUT2D eigenvalue weighted by Crippen LogP contribution is 2.23. The van der Waals surface area contributed by atoms with Gasteiger partial charge >= 0.3 is 0 Å². The number of nitrogens with one attached hydrogen (secondary N) is 11. The fraction of sp³-hybridized carbons (Fsp3) is 0.184. The standard InChI is InChI=1S/C49H54N18O8/c1-63-23-31(15-35(63)45(71)55-13-11-41(52)53)60-49(75)39-19-33(25-67(39)5)62-48(74)38-17-30(22-65(38)3)59-43(69)27-8-6-26(7-9-27)42(68)58-29-16-37(64(2)21-29)47(73)61-32-18-36(66(4)24-32)46(72)57-28-14-34(56-20-28)44(70)54-12-10-40(50)51/h6-9,14-25,56H,10-13H2,1-5H3,(H3,50,51)(H3,52,53)(H,54,70)(H,55,71)(H,57,72)(H,58,68)(H,59,69)(H,60,75)(H,61,73)(H,62,74). The quantitative estimate of drug-likeness (QED) is 0.0390. The van der Waals surface area contributed by atoms with Crippen molar-refractivity contribution in [3.05, 3.63) is 143 Å². The molecule has 0 bridgehead atoms. The van der Waals surface area contributed by atoms with Gasteiger partial charge in [0.25, 0.3) is 47.3 Å². The molecule has 0 unspecified atom stereocenters. The number of hydrogen-bond acceptors (Lipinski definition) is 10. The van der Waals surface area contributed by atoms with Crippen molar-refractivity contribution >= 4 is 93.1 Å². The number of nitrogens with two attached hydrogens (primary N) is 2. The number of carbonyl (C=O) groups is 8. The molecule has 0 spiro atoms. The molecule has 7 rings (SSSR count). The van der Waals surface area contributed by atoms with Gasteiger partial charge in [-0.2, -0.15) is 0 Å². The van der Waals surface area contributed by atoms with Crippen molar-refractivity contribution in [2.24, 2.45) is 46.7 Å². The number of amidine groups is 2. The number of carbonyl (C=O) groups excluding carboxylic acids is 8. The van der Waals surface area contributed by atoms with Crippen LogP contribution in [-0.2, 0) is 35.2 Å². The molecule has 0 saturated carbocycles. The second kappa shape index (κ2) is 22.4. The molecule has 26 heteroatoms. The molecule has 1 aromatic carbocycles. The van der Waals surface area contributed by atoms with Crippen molar-refractivity contribution in [2.45, 2.75) is 12.8 Å². The molecule has 0 aliphatic carbocycles. The molecule has 0 atom stereocenters. The van der Waals surface area contributed by atoms with E-state index in [1.165, 1.54) is 85.1 Å². The van der Waals surface area contributed by atoms with Crippen LogP contribution in [0.5, 0.6) is 0 Å². The van der Waals surface area contributed by atoms with Crippen LogP contribution < -0.4 is 54.0 Å². The molecule has 26 nitrogen and oxygen atoms in total. The number of amides is 8. The first kappa shape index (κ1) is 52.4. The Morgan fingerprint density at radius 2 is 0.693 bits per heavy atom. The maximum Gasteiger partial charge on any atom is 0.272 e. The summed E-state index contributed by atoms with van der Waals surface area (Å²) in [7, 11) is 8.15. The first-order valence-corrected chi connectivity index (χ1v) is 22.8. The lowest BCUT2D eigenvalue weighted by molar-refractivity contribution is 0.0940. The van der Waals surface area contributed by atoms with Gasteiger partial charge in [0.2, 0.25) is 0 Å². The monoisotopic (exact) mass is 1020 g/mol. The number of nitrogens with zero attached hydrogens (tertiary/aromatic N) is 5. The van der Waals surface area contributed by atoms with Crippen LogP contribution in [0.4, 0.5) is 34.1 Å². The molecule has 15 N–H and O–H groups in total. The van der Waals surface area contributed by atoms with E-state index in [9.17, 15) is 38.4 Å². The summed E-state index contributed by atoms with van der Waals surface area (Å²) in [6, 6.07) is 14.7. The van der Waals surface area contributed by atoms with E-state index in [4.69, 9.17) is 22.3 Å². The predicted molar refractivity (Wildman–Crippen MR) is 280 cm³/mol. The van der Waals surface area contributed by atoms with Gasteiger partial charge < -0.3 is 81.8 Å². The SMILES string of the molecule is Cn1cc(NC(=O)c2cc(NC(=O)c3cc(NC(=O)c4ccc(C(=O)Nc5cc(C(=O)Nc6cc(C(=O)Nc7c[nH]c(C(=O)NCCC(=N)N)c7)n(C)c6)n(C)c5)cc4)cn3C)cn2C)cc1C(=O)NCCC(=N)N. The summed E-state index contributed by atoms with van der Waals surface area (Å²) in [6.45, 7) is 0.369. The Morgan fingerprint density at radius 3 is 1.01 bits per heavy atom. The van der Waals surface area contributed by atoms with E-state index in [-0.39, 0.29) is 82.9 Å². The van der Waals surface area contributed by atoms with E-state index in [0.29, 0.717) is 34.1 Å². The van der Waals surface area contributed by atoms with Crippen molar-refractivity contribution in [1.82, 2.24) is 38.5 Å². The Morgan fingerprint density at radius 1 is 0.413 bits per heavy atom. The number of aryl methyl sites for hydroxylation is 5. The van der Waals surface area contributed by atoms with E-state index < -0.39 is 47.3 Å². The van der Waals surface area contributed by atoms with Gasteiger partial charge in [0, 0.05) is 109 Å². The Bertz CT molecular complexity index is 3420. The maximum absolute atomic E-state index is 13.4. The van der Waals surface area contributed by atoms with E-state index >= 15 is 0 Å². The van der Waals surface area contributed by atoms with Gasteiger partial charge in [-0.3, -0.25) is 49.2 Å². The van der Waals surface area contributed by atoms with Gasteiger partial charge in [0.1, 0.15) is 34.2 Å². The molecule has 75 heavy (non-hydrogen) atoms. The third-order valence-electron chi connectivity index (χ3n) is 11.4. The normalized spacial score (nSPS) is 10.8. The third kappa shape index (κ3) is 12.9. The number of rotatable bonds is 20. The topological polar surface area (TPSA) is 373 Å². The summed E-state index contributed by atoms with van der Waals surface area (Å²) < 4.78 is 7.63. The maximum atomic E-state index is 13.4. The number of H-pyrrole nitrogens is 1. The number of hydrogen-bond donors (Lipinski definition) is 13. The van der Waals surface area contributed by atoms with Gasteiger partial charge in [-0.25, -0.2) is 0 Å². The second-order valence-corrected chi connectivity index (χ2v) is 17.3. The van der Waals surface area contributed by atoms with Crippen molar-refractivity contribution in [2.75, 3.05) is 45.0 Å². The first-order chi connectivity index (χ1) is 35.6. The Balaban J connectivity index is 0.887. The van der Waals surface area contributed by atoms with Crippen LogP contribution in [0.25, 0.3) is 0 Å². The summed E-state index contributed by atoms with van der Waals surface area (Å²) in [5.74, 6) is -4.02. The number of aromatic nitrogens is 6. The summed E-state index contributed by atoms with van der Waals surface area (Å²) >= 11 is 0. The molecule has 8 amide bonds.